The van der Waals surface area contributed by atoms with Gasteiger partial charge in [0.05, 0.1) is 0 Å². The van der Waals surface area contributed by atoms with E-state index in [-0.39, 0.29) is 0 Å². The average molecular weight is 282 g/mol. The van der Waals surface area contributed by atoms with Crippen LogP contribution in [0.1, 0.15) is 70.3 Å². The second-order valence-corrected chi connectivity index (χ2v) is 7.23. The Labute approximate surface area is 130 Å². The molecule has 114 valence electrons. The van der Waals surface area contributed by atoms with Crippen LogP contribution in [0.25, 0.3) is 5.57 Å². The Kier molecular flexibility index (Phi) is 5.17. The van der Waals surface area contributed by atoms with Crippen molar-refractivity contribution in [2.75, 3.05) is 0 Å². The Morgan fingerprint density at radius 3 is 2.67 bits per heavy atom. The third-order valence-electron chi connectivity index (χ3n) is 5.76. The molecule has 1 aromatic carbocycles. The van der Waals surface area contributed by atoms with Crippen molar-refractivity contribution in [2.24, 2.45) is 17.8 Å². The zero-order chi connectivity index (χ0) is 14.5. The fraction of sp³-hybridized carbons (Fsp3) is 0.619. The van der Waals surface area contributed by atoms with Crippen LogP contribution >= 0.6 is 0 Å². The number of hydrogen-bond donors (Lipinski definition) is 0. The maximum absolute atomic E-state index is 2.55. The van der Waals surface area contributed by atoms with Crippen LogP contribution in [0.2, 0.25) is 0 Å². The van der Waals surface area contributed by atoms with E-state index in [4.69, 9.17) is 0 Å². The van der Waals surface area contributed by atoms with Gasteiger partial charge in [-0.3, -0.25) is 0 Å². The smallest absolute Gasteiger partial charge is 0.0228 e. The van der Waals surface area contributed by atoms with Gasteiger partial charge in [-0.25, -0.2) is 0 Å². The van der Waals surface area contributed by atoms with Crippen molar-refractivity contribution in [1.82, 2.24) is 0 Å². The molecule has 0 bridgehead atoms. The molecule has 3 unspecified atom stereocenters. The van der Waals surface area contributed by atoms with E-state index in [0.29, 0.717) is 0 Å². The molecule has 1 aromatic rings. The minimum atomic E-state index is 0.965. The summed E-state index contributed by atoms with van der Waals surface area (Å²) in [6.07, 6.45) is 15.4. The lowest BCUT2D eigenvalue weighted by Crippen LogP contribution is -2.27. The molecule has 0 heteroatoms. The number of unbranched alkanes of at least 4 members (excludes halogenated alkanes) is 2. The summed E-state index contributed by atoms with van der Waals surface area (Å²) in [6.45, 7) is 2.31. The number of hydrogen-bond acceptors (Lipinski definition) is 0. The van der Waals surface area contributed by atoms with Crippen LogP contribution in [0.5, 0.6) is 0 Å². The summed E-state index contributed by atoms with van der Waals surface area (Å²) in [5, 5.41) is 0. The summed E-state index contributed by atoms with van der Waals surface area (Å²) >= 11 is 0. The van der Waals surface area contributed by atoms with Crippen LogP contribution in [0, 0.1) is 17.8 Å². The summed E-state index contributed by atoms with van der Waals surface area (Å²) in [5.74, 6) is 2.98. The van der Waals surface area contributed by atoms with Crippen molar-refractivity contribution in [3.8, 4) is 0 Å². The standard InChI is InChI=1S/C21H30/c1-2-3-5-8-17-11-12-21-16-20(14-13-19(21)15-17)18-9-6-4-7-10-18/h4,6-7,9-10,14,17,19,21H,2-3,5,8,11-13,15-16H2,1H3. The van der Waals surface area contributed by atoms with Crippen LogP contribution in [0.15, 0.2) is 36.4 Å². The van der Waals surface area contributed by atoms with E-state index >= 15 is 0 Å². The third kappa shape index (κ3) is 3.78. The fourth-order valence-corrected chi connectivity index (χ4v) is 4.47. The second-order valence-electron chi connectivity index (χ2n) is 7.23. The third-order valence-corrected chi connectivity index (χ3v) is 5.76. The van der Waals surface area contributed by atoms with E-state index in [1.54, 1.807) is 5.57 Å². The predicted molar refractivity (Wildman–Crippen MR) is 92.1 cm³/mol. The average Bonchev–Trinajstić information content (AvgIpc) is 2.55. The van der Waals surface area contributed by atoms with E-state index in [9.17, 15) is 0 Å². The Bertz CT molecular complexity index is 456. The van der Waals surface area contributed by atoms with Gasteiger partial charge in [-0.2, -0.15) is 0 Å². The van der Waals surface area contributed by atoms with E-state index in [0.717, 1.165) is 17.8 Å². The molecule has 3 atom stereocenters. The fourth-order valence-electron chi connectivity index (χ4n) is 4.47. The number of fused-ring (bicyclic) bond motifs is 1. The zero-order valence-electron chi connectivity index (χ0n) is 13.6. The molecule has 0 N–H and O–H groups in total. The van der Waals surface area contributed by atoms with Crippen LogP contribution < -0.4 is 0 Å². The molecule has 2 aliphatic rings. The number of benzene rings is 1. The summed E-state index contributed by atoms with van der Waals surface area (Å²) in [4.78, 5) is 0. The van der Waals surface area contributed by atoms with Crippen molar-refractivity contribution in [2.45, 2.75) is 64.7 Å². The Morgan fingerprint density at radius 1 is 1.00 bits per heavy atom. The predicted octanol–water partition coefficient (Wildman–Crippen LogP) is 6.48. The molecule has 0 amide bonds. The lowest BCUT2D eigenvalue weighted by molar-refractivity contribution is 0.169. The summed E-state index contributed by atoms with van der Waals surface area (Å²) in [5.41, 5.74) is 3.07. The summed E-state index contributed by atoms with van der Waals surface area (Å²) < 4.78 is 0. The summed E-state index contributed by atoms with van der Waals surface area (Å²) in [7, 11) is 0. The first kappa shape index (κ1) is 14.9. The molecule has 1 saturated carbocycles. The molecule has 0 spiro atoms. The highest BCUT2D eigenvalue weighted by atomic mass is 14.4. The first-order valence-electron chi connectivity index (χ1n) is 9.11. The van der Waals surface area contributed by atoms with E-state index < -0.39 is 0 Å². The minimum absolute atomic E-state index is 0.965. The Morgan fingerprint density at radius 2 is 1.86 bits per heavy atom. The highest BCUT2D eigenvalue weighted by Gasteiger charge is 2.32. The minimum Gasteiger partial charge on any atom is -0.0804 e. The lowest BCUT2D eigenvalue weighted by atomic mass is 9.66. The van der Waals surface area contributed by atoms with Crippen LogP contribution in [0.3, 0.4) is 0 Å². The van der Waals surface area contributed by atoms with Crippen LogP contribution in [-0.2, 0) is 0 Å². The lowest BCUT2D eigenvalue weighted by Gasteiger charge is -2.39. The van der Waals surface area contributed by atoms with Crippen molar-refractivity contribution >= 4 is 5.57 Å². The van der Waals surface area contributed by atoms with Crippen LogP contribution in [-0.4, -0.2) is 0 Å². The van der Waals surface area contributed by atoms with Crippen molar-refractivity contribution < 1.29 is 0 Å². The topological polar surface area (TPSA) is 0 Å². The molecule has 0 aliphatic heterocycles. The van der Waals surface area contributed by atoms with Gasteiger partial charge in [0.1, 0.15) is 0 Å². The van der Waals surface area contributed by atoms with Gasteiger partial charge in [-0.15, -0.1) is 0 Å². The molecule has 2 aliphatic carbocycles. The van der Waals surface area contributed by atoms with E-state index in [1.165, 1.54) is 63.4 Å². The first-order chi connectivity index (χ1) is 10.4. The van der Waals surface area contributed by atoms with Gasteiger partial charge in [-0.05, 0) is 54.6 Å². The maximum Gasteiger partial charge on any atom is -0.0228 e. The van der Waals surface area contributed by atoms with Crippen molar-refractivity contribution in [3.63, 3.8) is 0 Å². The molecule has 0 nitrogen and oxygen atoms in total. The molecular weight excluding hydrogens is 252 g/mol. The van der Waals surface area contributed by atoms with Gasteiger partial charge < -0.3 is 0 Å². The highest BCUT2D eigenvalue weighted by Crippen LogP contribution is 2.45. The van der Waals surface area contributed by atoms with Gasteiger partial charge in [0.15, 0.2) is 0 Å². The molecule has 0 saturated heterocycles. The Hall–Kier alpha value is -1.04. The highest BCUT2D eigenvalue weighted by molar-refractivity contribution is 5.66. The van der Waals surface area contributed by atoms with Gasteiger partial charge in [0.25, 0.3) is 0 Å². The van der Waals surface area contributed by atoms with Gasteiger partial charge in [-0.1, -0.05) is 75.4 Å². The molecule has 3 rings (SSSR count). The number of rotatable bonds is 5. The quantitative estimate of drug-likeness (QED) is 0.542. The van der Waals surface area contributed by atoms with E-state index in [1.807, 2.05) is 0 Å². The normalized spacial score (nSPS) is 28.8. The molecule has 0 heterocycles. The van der Waals surface area contributed by atoms with E-state index in [2.05, 4.69) is 43.3 Å². The van der Waals surface area contributed by atoms with Crippen molar-refractivity contribution in [1.29, 1.82) is 0 Å². The Balaban J connectivity index is 1.57. The monoisotopic (exact) mass is 282 g/mol. The molecular formula is C21H30. The van der Waals surface area contributed by atoms with Gasteiger partial charge in [0, 0.05) is 0 Å². The van der Waals surface area contributed by atoms with Crippen molar-refractivity contribution in [3.05, 3.63) is 42.0 Å². The maximum atomic E-state index is 2.55. The van der Waals surface area contributed by atoms with Crippen LogP contribution in [0.4, 0.5) is 0 Å². The zero-order valence-corrected chi connectivity index (χ0v) is 13.6. The molecule has 0 radical (unpaired) electrons. The van der Waals surface area contributed by atoms with Gasteiger partial charge >= 0.3 is 0 Å². The largest absolute Gasteiger partial charge is 0.0804 e. The van der Waals surface area contributed by atoms with Gasteiger partial charge in [0.2, 0.25) is 0 Å². The summed E-state index contributed by atoms with van der Waals surface area (Å²) in [6, 6.07) is 11.0. The molecule has 0 aromatic heterocycles. The first-order valence-corrected chi connectivity index (χ1v) is 9.11. The molecule has 1 fully saturated rings. The number of allylic oxidation sites excluding steroid dienone is 2. The second kappa shape index (κ2) is 7.29. The molecule has 21 heavy (non-hydrogen) atoms. The SMILES string of the molecule is CCCCCC1CCC2CC(c3ccccc3)=CCC2C1.